The van der Waals surface area contributed by atoms with Crippen LogP contribution < -0.4 is 0 Å². The predicted molar refractivity (Wildman–Crippen MR) is 66.6 cm³/mol. The molecule has 0 saturated heterocycles. The molecule has 1 aromatic carbocycles. The van der Waals surface area contributed by atoms with Gasteiger partial charge in [0.05, 0.1) is 5.41 Å². The van der Waals surface area contributed by atoms with E-state index in [0.717, 1.165) is 13.0 Å². The lowest BCUT2D eigenvalue weighted by molar-refractivity contribution is -0.440. The van der Waals surface area contributed by atoms with Gasteiger partial charge in [-0.25, -0.2) is 0 Å². The Balaban J connectivity index is 2.47. The quantitative estimate of drug-likeness (QED) is 0.774. The monoisotopic (exact) mass is 218 g/mol. The van der Waals surface area contributed by atoms with E-state index in [-0.39, 0.29) is 12.0 Å². The van der Waals surface area contributed by atoms with Gasteiger partial charge in [-0.15, -0.1) is 0 Å². The fourth-order valence-electron chi connectivity index (χ4n) is 2.47. The molecule has 1 heterocycles. The van der Waals surface area contributed by atoms with Crippen LogP contribution in [-0.2, 0) is 5.41 Å². The largest absolute Gasteiger partial charge is 0.396 e. The lowest BCUT2D eigenvalue weighted by Gasteiger charge is -2.14. The number of benzene rings is 1. The Labute approximate surface area is 97.2 Å². The van der Waals surface area contributed by atoms with Gasteiger partial charge < -0.3 is 5.11 Å². The number of aliphatic hydroxyl groups is 1. The summed E-state index contributed by atoms with van der Waals surface area (Å²) in [6.07, 6.45) is 0.821. The maximum atomic E-state index is 8.96. The van der Waals surface area contributed by atoms with Crippen molar-refractivity contribution in [2.75, 3.05) is 13.2 Å². The number of aliphatic hydroxyl groups excluding tert-OH is 1. The van der Waals surface area contributed by atoms with Crippen LogP contribution >= 0.6 is 0 Å². The molecule has 0 aromatic heterocycles. The summed E-state index contributed by atoms with van der Waals surface area (Å²) in [6.45, 7) is 7.88. The molecule has 16 heavy (non-hydrogen) atoms. The summed E-state index contributed by atoms with van der Waals surface area (Å²) in [5, 5.41) is 8.96. The highest BCUT2D eigenvalue weighted by Gasteiger charge is 2.42. The third kappa shape index (κ3) is 1.57. The molecule has 0 spiro atoms. The van der Waals surface area contributed by atoms with Crippen molar-refractivity contribution in [2.45, 2.75) is 32.6 Å². The molecule has 2 heteroatoms. The van der Waals surface area contributed by atoms with Gasteiger partial charge in [0.2, 0.25) is 5.69 Å². The van der Waals surface area contributed by atoms with Crippen molar-refractivity contribution in [2.24, 2.45) is 0 Å². The average molecular weight is 218 g/mol. The van der Waals surface area contributed by atoms with E-state index in [0.29, 0.717) is 0 Å². The number of hydrogen-bond acceptors (Lipinski definition) is 1. The Bertz CT molecular complexity index is 432. The van der Waals surface area contributed by atoms with Crippen molar-refractivity contribution >= 4 is 11.4 Å². The highest BCUT2D eigenvalue weighted by atomic mass is 16.3. The molecule has 86 valence electrons. The van der Waals surface area contributed by atoms with Crippen LogP contribution in [0.5, 0.6) is 0 Å². The lowest BCUT2D eigenvalue weighted by atomic mass is 9.82. The minimum Gasteiger partial charge on any atom is -0.396 e. The Kier molecular flexibility index (Phi) is 2.85. The van der Waals surface area contributed by atoms with Crippen LogP contribution in [0.15, 0.2) is 24.3 Å². The van der Waals surface area contributed by atoms with Crippen LogP contribution in [0.25, 0.3) is 0 Å². The molecule has 0 fully saturated rings. The molecule has 0 amide bonds. The van der Waals surface area contributed by atoms with Crippen molar-refractivity contribution < 1.29 is 9.68 Å². The van der Waals surface area contributed by atoms with Crippen molar-refractivity contribution in [3.05, 3.63) is 29.8 Å². The van der Waals surface area contributed by atoms with Crippen LogP contribution in [-0.4, -0.2) is 28.5 Å². The van der Waals surface area contributed by atoms with Crippen molar-refractivity contribution in [1.29, 1.82) is 0 Å². The SMILES string of the molecule is CC1=[N+](CCCO)c2ccccc2C1(C)C. The number of para-hydroxylation sites is 1. The van der Waals surface area contributed by atoms with Gasteiger partial charge in [-0.2, -0.15) is 4.58 Å². The van der Waals surface area contributed by atoms with Crippen molar-refractivity contribution in [3.63, 3.8) is 0 Å². The molecule has 0 unspecified atom stereocenters. The molecular weight excluding hydrogens is 198 g/mol. The first-order chi connectivity index (χ1) is 7.59. The van der Waals surface area contributed by atoms with Gasteiger partial charge in [0.1, 0.15) is 0 Å². The Hall–Kier alpha value is -1.15. The summed E-state index contributed by atoms with van der Waals surface area (Å²) >= 11 is 0. The van der Waals surface area contributed by atoms with Gasteiger partial charge in [-0.1, -0.05) is 18.2 Å². The van der Waals surface area contributed by atoms with E-state index in [1.807, 2.05) is 0 Å². The molecule has 1 aromatic rings. The van der Waals surface area contributed by atoms with Gasteiger partial charge in [-0.05, 0) is 13.8 Å². The molecule has 0 atom stereocenters. The summed E-state index contributed by atoms with van der Waals surface area (Å²) < 4.78 is 2.34. The van der Waals surface area contributed by atoms with Crippen LogP contribution in [0.1, 0.15) is 32.8 Å². The second-order valence-electron chi connectivity index (χ2n) is 4.96. The van der Waals surface area contributed by atoms with Crippen LogP contribution in [0.2, 0.25) is 0 Å². The van der Waals surface area contributed by atoms with Crippen LogP contribution in [0, 0.1) is 0 Å². The topological polar surface area (TPSA) is 23.2 Å². The standard InChI is InChI=1S/C14H20NO/c1-11-14(2,3)12-7-4-5-8-13(12)15(11)9-6-10-16/h4-5,7-8,16H,6,9-10H2,1-3H3/q+1. The molecule has 1 aliphatic rings. The zero-order chi connectivity index (χ0) is 11.8. The molecule has 0 aliphatic carbocycles. The highest BCUT2D eigenvalue weighted by molar-refractivity contribution is 5.93. The Morgan fingerprint density at radius 1 is 1.25 bits per heavy atom. The fraction of sp³-hybridized carbons (Fsp3) is 0.500. The summed E-state index contributed by atoms with van der Waals surface area (Å²) in [5.74, 6) is 0. The number of nitrogens with zero attached hydrogens (tertiary/aromatic N) is 1. The second kappa shape index (κ2) is 4.02. The molecule has 0 radical (unpaired) electrons. The minimum atomic E-state index is 0.117. The molecule has 2 rings (SSSR count). The zero-order valence-electron chi connectivity index (χ0n) is 10.3. The van der Waals surface area contributed by atoms with E-state index in [4.69, 9.17) is 5.11 Å². The first-order valence-corrected chi connectivity index (χ1v) is 5.91. The smallest absolute Gasteiger partial charge is 0.209 e. The van der Waals surface area contributed by atoms with Gasteiger partial charge in [0.25, 0.3) is 0 Å². The molecule has 0 saturated carbocycles. The number of hydrogen-bond donors (Lipinski definition) is 1. The second-order valence-corrected chi connectivity index (χ2v) is 4.96. The van der Waals surface area contributed by atoms with E-state index in [1.165, 1.54) is 17.0 Å². The van der Waals surface area contributed by atoms with E-state index in [2.05, 4.69) is 49.6 Å². The average Bonchev–Trinajstić information content (AvgIpc) is 2.47. The molecular formula is C14H20NO+. The summed E-state index contributed by atoms with van der Waals surface area (Å²) in [7, 11) is 0. The van der Waals surface area contributed by atoms with Crippen molar-refractivity contribution in [3.8, 4) is 0 Å². The molecule has 0 bridgehead atoms. The van der Waals surface area contributed by atoms with Gasteiger partial charge in [-0.3, -0.25) is 0 Å². The van der Waals surface area contributed by atoms with Crippen LogP contribution in [0.3, 0.4) is 0 Å². The Morgan fingerprint density at radius 3 is 2.62 bits per heavy atom. The number of rotatable bonds is 3. The minimum absolute atomic E-state index is 0.117. The normalized spacial score (nSPS) is 17.8. The molecule has 1 aliphatic heterocycles. The first-order valence-electron chi connectivity index (χ1n) is 5.91. The van der Waals surface area contributed by atoms with E-state index in [1.54, 1.807) is 0 Å². The Morgan fingerprint density at radius 2 is 1.94 bits per heavy atom. The van der Waals surface area contributed by atoms with Gasteiger partial charge in [0.15, 0.2) is 12.3 Å². The lowest BCUT2D eigenvalue weighted by Crippen LogP contribution is -2.26. The predicted octanol–water partition coefficient (Wildman–Crippen LogP) is 2.47. The molecule has 1 N–H and O–H groups in total. The van der Waals surface area contributed by atoms with Crippen LogP contribution in [0.4, 0.5) is 5.69 Å². The number of fused-ring (bicyclic) bond motifs is 1. The van der Waals surface area contributed by atoms with E-state index < -0.39 is 0 Å². The van der Waals surface area contributed by atoms with E-state index in [9.17, 15) is 0 Å². The van der Waals surface area contributed by atoms with Gasteiger partial charge >= 0.3 is 0 Å². The zero-order valence-corrected chi connectivity index (χ0v) is 10.3. The summed E-state index contributed by atoms with van der Waals surface area (Å²) in [6, 6.07) is 8.56. The third-order valence-corrected chi connectivity index (χ3v) is 3.72. The maximum absolute atomic E-state index is 8.96. The van der Waals surface area contributed by atoms with Crippen molar-refractivity contribution in [1.82, 2.24) is 0 Å². The van der Waals surface area contributed by atoms with Gasteiger partial charge in [0, 0.05) is 31.6 Å². The summed E-state index contributed by atoms with van der Waals surface area (Å²) in [4.78, 5) is 0. The van der Waals surface area contributed by atoms with E-state index >= 15 is 0 Å². The molecule has 2 nitrogen and oxygen atoms in total. The fourth-order valence-corrected chi connectivity index (χ4v) is 2.47. The summed E-state index contributed by atoms with van der Waals surface area (Å²) in [5.41, 5.74) is 4.19. The highest BCUT2D eigenvalue weighted by Crippen LogP contribution is 2.38. The first kappa shape index (κ1) is 11.3. The maximum Gasteiger partial charge on any atom is 0.209 e. The third-order valence-electron chi connectivity index (χ3n) is 3.72.